The number of nitrogens with one attached hydrogen (secondary N) is 1. The van der Waals surface area contributed by atoms with Gasteiger partial charge in [-0.2, -0.15) is 0 Å². The maximum absolute atomic E-state index is 13.4. The zero-order valence-corrected chi connectivity index (χ0v) is 18.0. The van der Waals surface area contributed by atoms with Gasteiger partial charge in [0.1, 0.15) is 18.5 Å². The van der Waals surface area contributed by atoms with Crippen LogP contribution >= 0.6 is 0 Å². The molecule has 1 aromatic heterocycles. The molecule has 1 atom stereocenters. The third kappa shape index (κ3) is 2.99. The Morgan fingerprint density at radius 3 is 2.71 bits per heavy atom. The predicted molar refractivity (Wildman–Crippen MR) is 117 cm³/mol. The number of benzene rings is 2. The molecule has 0 spiro atoms. The molecule has 3 aromatic rings. The quantitative estimate of drug-likeness (QED) is 0.437. The van der Waals surface area contributed by atoms with Crippen molar-refractivity contribution in [1.29, 1.82) is 0 Å². The lowest BCUT2D eigenvalue weighted by atomic mass is 9.71. The predicted octanol–water partition coefficient (Wildman–Crippen LogP) is 3.86. The second-order valence-electron chi connectivity index (χ2n) is 9.22. The molecule has 1 aliphatic heterocycles. The number of carbonyl (C=O) groups excluding carboxylic acids is 1. The minimum atomic E-state index is -0.598. The van der Waals surface area contributed by atoms with Gasteiger partial charge in [-0.05, 0) is 49.7 Å². The van der Waals surface area contributed by atoms with Crippen LogP contribution < -0.4 is 10.5 Å². The number of aromatic nitrogens is 1. The van der Waals surface area contributed by atoms with Crippen molar-refractivity contribution >= 4 is 22.4 Å². The summed E-state index contributed by atoms with van der Waals surface area (Å²) in [7, 11) is 0. The number of nitrogen functional groups attached to an aromatic ring is 1. The number of nitrogens with two attached hydrogens (primary N) is 1. The maximum atomic E-state index is 13.4. The topological polar surface area (TPSA) is 107 Å². The largest absolute Gasteiger partial charge is 0.504 e. The molecule has 0 amide bonds. The molecular weight excluding hydrogens is 396 g/mol. The van der Waals surface area contributed by atoms with Crippen molar-refractivity contribution in [2.24, 2.45) is 0 Å². The molecule has 7 heteroatoms. The van der Waals surface area contributed by atoms with Gasteiger partial charge in [0.25, 0.3) is 0 Å². The minimum absolute atomic E-state index is 0.0368. The third-order valence-electron chi connectivity index (χ3n) is 6.24. The van der Waals surface area contributed by atoms with E-state index in [4.69, 9.17) is 19.9 Å². The summed E-state index contributed by atoms with van der Waals surface area (Å²) in [6.07, 6.45) is -0.144. The molecule has 2 aromatic carbocycles. The summed E-state index contributed by atoms with van der Waals surface area (Å²) in [4.78, 5) is 16.7. The van der Waals surface area contributed by atoms with Crippen LogP contribution in [-0.4, -0.2) is 41.0 Å². The van der Waals surface area contributed by atoms with Gasteiger partial charge in [0, 0.05) is 22.1 Å². The zero-order chi connectivity index (χ0) is 22.1. The molecule has 0 saturated carbocycles. The summed E-state index contributed by atoms with van der Waals surface area (Å²) in [5.41, 5.74) is 8.94. The Balaban J connectivity index is 1.52. The van der Waals surface area contributed by atoms with E-state index in [1.165, 1.54) is 0 Å². The van der Waals surface area contributed by atoms with Crippen molar-refractivity contribution < 1.29 is 24.1 Å². The highest BCUT2D eigenvalue weighted by molar-refractivity contribution is 6.20. The molecule has 0 bridgehead atoms. The van der Waals surface area contributed by atoms with Crippen molar-refractivity contribution in [2.45, 2.75) is 45.0 Å². The summed E-state index contributed by atoms with van der Waals surface area (Å²) >= 11 is 0. The Morgan fingerprint density at radius 2 is 2.00 bits per heavy atom. The van der Waals surface area contributed by atoms with E-state index in [0.29, 0.717) is 41.0 Å². The lowest BCUT2D eigenvalue weighted by Crippen LogP contribution is -2.30. The Hall–Kier alpha value is -3.03. The molecule has 4 N–H and O–H groups in total. The van der Waals surface area contributed by atoms with Gasteiger partial charge in [-0.1, -0.05) is 13.8 Å². The standard InChI is InChI=1S/C24H26N2O5/c1-23(2)16-9-12(29-10-13-11-30-24(3,4)31-13)5-6-14(16)20(27)18-15-7-8-17(25)21(28)19(15)26-22(18)23/h5-9,13,26,28H,10-11,25H2,1-4H3/t13-/m0/s1. The number of H-pyrrole nitrogens is 1. The van der Waals surface area contributed by atoms with Gasteiger partial charge in [0.2, 0.25) is 0 Å². The Kier molecular flexibility index (Phi) is 4.16. The van der Waals surface area contributed by atoms with Crippen LogP contribution in [0.4, 0.5) is 5.69 Å². The van der Waals surface area contributed by atoms with Crippen LogP contribution in [0.15, 0.2) is 30.3 Å². The first-order valence-electron chi connectivity index (χ1n) is 10.4. The average Bonchev–Trinajstić information content (AvgIpc) is 3.28. The summed E-state index contributed by atoms with van der Waals surface area (Å²) in [5, 5.41) is 11.1. The Labute approximate surface area is 180 Å². The number of anilines is 1. The fraction of sp³-hybridized carbons (Fsp3) is 0.375. The summed E-state index contributed by atoms with van der Waals surface area (Å²) in [6, 6.07) is 8.93. The van der Waals surface area contributed by atoms with Crippen molar-refractivity contribution in [3.8, 4) is 11.5 Å². The number of aromatic hydroxyl groups is 1. The number of rotatable bonds is 3. The number of ketones is 1. The van der Waals surface area contributed by atoms with Gasteiger partial charge in [-0.3, -0.25) is 4.79 Å². The number of hydrogen-bond donors (Lipinski definition) is 3. The van der Waals surface area contributed by atoms with E-state index in [1.54, 1.807) is 12.1 Å². The van der Waals surface area contributed by atoms with Crippen LogP contribution in [0.2, 0.25) is 0 Å². The number of phenols is 1. The highest BCUT2D eigenvalue weighted by atomic mass is 16.7. The van der Waals surface area contributed by atoms with Crippen molar-refractivity contribution in [3.05, 3.63) is 52.7 Å². The van der Waals surface area contributed by atoms with E-state index >= 15 is 0 Å². The van der Waals surface area contributed by atoms with Crippen LogP contribution in [0.1, 0.15) is 54.9 Å². The van der Waals surface area contributed by atoms with Crippen molar-refractivity contribution in [1.82, 2.24) is 4.98 Å². The molecule has 2 aliphatic rings. The molecule has 1 saturated heterocycles. The number of fused-ring (bicyclic) bond motifs is 4. The van der Waals surface area contributed by atoms with E-state index in [1.807, 2.05) is 45.9 Å². The van der Waals surface area contributed by atoms with Gasteiger partial charge >= 0.3 is 0 Å². The van der Waals surface area contributed by atoms with Gasteiger partial charge < -0.3 is 30.0 Å². The average molecular weight is 422 g/mol. The van der Waals surface area contributed by atoms with E-state index in [0.717, 1.165) is 11.3 Å². The first-order chi connectivity index (χ1) is 14.6. The SMILES string of the molecule is CC1(C)OC[C@H](COc2ccc3c(c2)C(C)(C)c2[nH]c4c(O)c(N)ccc4c2C3=O)O1. The summed E-state index contributed by atoms with van der Waals surface area (Å²) < 4.78 is 17.4. The number of aromatic amines is 1. The number of phenolic OH excluding ortho intramolecular Hbond substituents is 1. The lowest BCUT2D eigenvalue weighted by Gasteiger charge is -2.32. The van der Waals surface area contributed by atoms with E-state index in [9.17, 15) is 9.90 Å². The highest BCUT2D eigenvalue weighted by Crippen LogP contribution is 2.46. The molecule has 162 valence electrons. The molecule has 1 aliphatic carbocycles. The van der Waals surface area contributed by atoms with Crippen LogP contribution in [0.3, 0.4) is 0 Å². The van der Waals surface area contributed by atoms with Gasteiger partial charge in [-0.15, -0.1) is 0 Å². The van der Waals surface area contributed by atoms with Crippen LogP contribution in [0.5, 0.6) is 11.5 Å². The molecule has 1 fully saturated rings. The number of hydrogen-bond acceptors (Lipinski definition) is 6. The van der Waals surface area contributed by atoms with Crippen molar-refractivity contribution in [3.63, 3.8) is 0 Å². The second-order valence-corrected chi connectivity index (χ2v) is 9.22. The second kappa shape index (κ2) is 6.48. The van der Waals surface area contributed by atoms with E-state index < -0.39 is 11.2 Å². The fourth-order valence-corrected chi connectivity index (χ4v) is 4.60. The van der Waals surface area contributed by atoms with Crippen LogP contribution in [0, 0.1) is 0 Å². The van der Waals surface area contributed by atoms with Gasteiger partial charge in [-0.25, -0.2) is 0 Å². The third-order valence-corrected chi connectivity index (χ3v) is 6.24. The van der Waals surface area contributed by atoms with Crippen molar-refractivity contribution in [2.75, 3.05) is 18.9 Å². The van der Waals surface area contributed by atoms with E-state index in [-0.39, 0.29) is 23.3 Å². The molecule has 0 unspecified atom stereocenters. The monoisotopic (exact) mass is 422 g/mol. The molecule has 31 heavy (non-hydrogen) atoms. The van der Waals surface area contributed by atoms with E-state index in [2.05, 4.69) is 4.98 Å². The first-order valence-corrected chi connectivity index (χ1v) is 10.4. The first kappa shape index (κ1) is 19.9. The molecular formula is C24H26N2O5. The fourth-order valence-electron chi connectivity index (χ4n) is 4.60. The Bertz CT molecular complexity index is 1220. The molecule has 0 radical (unpaired) electrons. The van der Waals surface area contributed by atoms with Gasteiger partial charge in [0.05, 0.1) is 23.4 Å². The molecule has 7 nitrogen and oxygen atoms in total. The van der Waals surface area contributed by atoms with Crippen LogP contribution in [0.25, 0.3) is 10.9 Å². The Morgan fingerprint density at radius 1 is 1.23 bits per heavy atom. The summed E-state index contributed by atoms with van der Waals surface area (Å²) in [5.74, 6) is -0.0512. The zero-order valence-electron chi connectivity index (χ0n) is 18.0. The number of ether oxygens (including phenoxy) is 3. The maximum Gasteiger partial charge on any atom is 0.195 e. The lowest BCUT2D eigenvalue weighted by molar-refractivity contribution is -0.141. The van der Waals surface area contributed by atoms with Gasteiger partial charge in [0.15, 0.2) is 17.3 Å². The normalized spacial score (nSPS) is 21.2. The summed E-state index contributed by atoms with van der Waals surface area (Å²) in [6.45, 7) is 8.70. The van der Waals surface area contributed by atoms with Crippen LogP contribution in [-0.2, 0) is 14.9 Å². The smallest absolute Gasteiger partial charge is 0.195 e. The molecule has 5 rings (SSSR count). The minimum Gasteiger partial charge on any atom is -0.504 e. The molecule has 2 heterocycles. The number of carbonyl (C=O) groups is 1. The highest BCUT2D eigenvalue weighted by Gasteiger charge is 2.40.